The van der Waals surface area contributed by atoms with Crippen LogP contribution in [0.1, 0.15) is 23.7 Å². The van der Waals surface area contributed by atoms with Gasteiger partial charge in [0.05, 0.1) is 11.3 Å². The van der Waals surface area contributed by atoms with Gasteiger partial charge in [-0.15, -0.1) is 0 Å². The van der Waals surface area contributed by atoms with Crippen LogP contribution in [0.25, 0.3) is 0 Å². The molecule has 2 unspecified atom stereocenters. The highest BCUT2D eigenvalue weighted by Crippen LogP contribution is 2.34. The second-order valence-electron chi connectivity index (χ2n) is 3.89. The number of aromatic nitrogens is 1. The summed E-state index contributed by atoms with van der Waals surface area (Å²) >= 11 is 0. The van der Waals surface area contributed by atoms with Crippen LogP contribution >= 0.6 is 0 Å². The Morgan fingerprint density at radius 1 is 1.73 bits per heavy atom. The van der Waals surface area contributed by atoms with Crippen molar-refractivity contribution >= 4 is 17.5 Å². The molecule has 1 aliphatic carbocycles. The third-order valence-electron chi connectivity index (χ3n) is 2.65. The first kappa shape index (κ1) is 9.76. The zero-order valence-corrected chi connectivity index (χ0v) is 8.40. The number of pyridine rings is 1. The average Bonchev–Trinajstić information content (AvgIpc) is 2.85. The number of carboxylic acids is 1. The highest BCUT2D eigenvalue weighted by molar-refractivity contribution is 5.96. The lowest BCUT2D eigenvalue weighted by atomic mass is 10.2. The van der Waals surface area contributed by atoms with E-state index >= 15 is 0 Å². The molecule has 1 saturated carbocycles. The van der Waals surface area contributed by atoms with Gasteiger partial charge in [-0.25, -0.2) is 9.78 Å². The second kappa shape index (κ2) is 3.42. The Hall–Kier alpha value is -1.78. The smallest absolute Gasteiger partial charge is 0.337 e. The number of hydrogen-bond donors (Lipinski definition) is 3. The molecule has 1 heterocycles. The van der Waals surface area contributed by atoms with Gasteiger partial charge in [0.2, 0.25) is 0 Å². The maximum atomic E-state index is 10.8. The van der Waals surface area contributed by atoms with Crippen molar-refractivity contribution in [2.24, 2.45) is 5.92 Å². The van der Waals surface area contributed by atoms with Crippen molar-refractivity contribution in [2.75, 3.05) is 11.1 Å². The van der Waals surface area contributed by atoms with Gasteiger partial charge in [0.1, 0.15) is 5.82 Å². The first-order valence-corrected chi connectivity index (χ1v) is 4.84. The molecule has 0 spiro atoms. The standard InChI is InChI=1S/C10H13N3O2/c1-5-4-7(5)13-9-8(11)6(10(14)15)2-3-12-9/h2-3,5,7H,4,11H2,1H3,(H,12,13)(H,14,15). The van der Waals surface area contributed by atoms with E-state index in [2.05, 4.69) is 17.2 Å². The van der Waals surface area contributed by atoms with E-state index in [1.807, 2.05) is 0 Å². The molecule has 1 fully saturated rings. The SMILES string of the molecule is CC1CC1Nc1nccc(C(=O)O)c1N. The molecule has 2 rings (SSSR count). The number of hydrogen-bond acceptors (Lipinski definition) is 4. The van der Waals surface area contributed by atoms with E-state index in [1.165, 1.54) is 12.3 Å². The lowest BCUT2D eigenvalue weighted by molar-refractivity contribution is 0.0698. The molecular weight excluding hydrogens is 194 g/mol. The van der Waals surface area contributed by atoms with E-state index in [1.54, 1.807) is 0 Å². The van der Waals surface area contributed by atoms with Crippen LogP contribution in [0, 0.1) is 5.92 Å². The Kier molecular flexibility index (Phi) is 2.22. The molecule has 0 aromatic carbocycles. The van der Waals surface area contributed by atoms with E-state index in [4.69, 9.17) is 10.8 Å². The highest BCUT2D eigenvalue weighted by Gasteiger charge is 2.33. The summed E-state index contributed by atoms with van der Waals surface area (Å²) in [4.78, 5) is 14.8. The van der Waals surface area contributed by atoms with Crippen LogP contribution in [0.3, 0.4) is 0 Å². The molecule has 5 heteroatoms. The van der Waals surface area contributed by atoms with E-state index in [0.717, 1.165) is 6.42 Å². The fourth-order valence-corrected chi connectivity index (χ4v) is 1.47. The Morgan fingerprint density at radius 2 is 2.40 bits per heavy atom. The average molecular weight is 207 g/mol. The Bertz CT molecular complexity index is 406. The molecule has 1 aliphatic rings. The van der Waals surface area contributed by atoms with Crippen molar-refractivity contribution in [1.82, 2.24) is 4.98 Å². The normalized spacial score (nSPS) is 23.5. The second-order valence-corrected chi connectivity index (χ2v) is 3.89. The van der Waals surface area contributed by atoms with Gasteiger partial charge in [-0.05, 0) is 18.4 Å². The minimum atomic E-state index is -1.03. The van der Waals surface area contributed by atoms with Crippen molar-refractivity contribution in [3.8, 4) is 0 Å². The first-order chi connectivity index (χ1) is 7.09. The Morgan fingerprint density at radius 3 is 2.93 bits per heavy atom. The zero-order chi connectivity index (χ0) is 11.0. The van der Waals surface area contributed by atoms with Gasteiger partial charge in [0.25, 0.3) is 0 Å². The van der Waals surface area contributed by atoms with Gasteiger partial charge in [0, 0.05) is 12.2 Å². The maximum absolute atomic E-state index is 10.8. The van der Waals surface area contributed by atoms with Crippen molar-refractivity contribution in [1.29, 1.82) is 0 Å². The zero-order valence-electron chi connectivity index (χ0n) is 8.40. The fourth-order valence-electron chi connectivity index (χ4n) is 1.47. The third-order valence-corrected chi connectivity index (χ3v) is 2.65. The van der Waals surface area contributed by atoms with Gasteiger partial charge in [-0.2, -0.15) is 0 Å². The number of anilines is 2. The molecular formula is C10H13N3O2. The number of nitrogen functional groups attached to an aromatic ring is 1. The summed E-state index contributed by atoms with van der Waals surface area (Å²) in [6.07, 6.45) is 2.54. The Labute approximate surface area is 87.3 Å². The van der Waals surface area contributed by atoms with Crippen LogP contribution in [0.2, 0.25) is 0 Å². The predicted molar refractivity (Wildman–Crippen MR) is 56.8 cm³/mol. The number of aromatic carboxylic acids is 1. The van der Waals surface area contributed by atoms with Crippen LogP contribution in [-0.2, 0) is 0 Å². The van der Waals surface area contributed by atoms with Gasteiger partial charge in [-0.1, -0.05) is 6.92 Å². The van der Waals surface area contributed by atoms with Crippen molar-refractivity contribution in [3.05, 3.63) is 17.8 Å². The number of nitrogens with two attached hydrogens (primary N) is 1. The monoisotopic (exact) mass is 207 g/mol. The number of nitrogens with one attached hydrogen (secondary N) is 1. The van der Waals surface area contributed by atoms with Gasteiger partial charge in [0.15, 0.2) is 0 Å². The van der Waals surface area contributed by atoms with Gasteiger partial charge in [-0.3, -0.25) is 0 Å². The number of nitrogens with zero attached hydrogens (tertiary/aromatic N) is 1. The Balaban J connectivity index is 2.23. The summed E-state index contributed by atoms with van der Waals surface area (Å²) < 4.78 is 0. The molecule has 4 N–H and O–H groups in total. The lowest BCUT2D eigenvalue weighted by Crippen LogP contribution is -2.11. The summed E-state index contributed by atoms with van der Waals surface area (Å²) in [5.41, 5.74) is 6.01. The molecule has 0 bridgehead atoms. The summed E-state index contributed by atoms with van der Waals surface area (Å²) in [5.74, 6) is 0.0609. The molecule has 0 aliphatic heterocycles. The molecule has 15 heavy (non-hydrogen) atoms. The quantitative estimate of drug-likeness (QED) is 0.692. The van der Waals surface area contributed by atoms with Crippen LogP contribution in [0.15, 0.2) is 12.3 Å². The van der Waals surface area contributed by atoms with Crippen LogP contribution < -0.4 is 11.1 Å². The van der Waals surface area contributed by atoms with E-state index in [-0.39, 0.29) is 11.3 Å². The van der Waals surface area contributed by atoms with E-state index in [9.17, 15) is 4.79 Å². The molecule has 1 aromatic rings. The molecule has 0 radical (unpaired) electrons. The van der Waals surface area contributed by atoms with Crippen LogP contribution in [0.4, 0.5) is 11.5 Å². The molecule has 5 nitrogen and oxygen atoms in total. The van der Waals surface area contributed by atoms with Crippen molar-refractivity contribution < 1.29 is 9.90 Å². The number of rotatable bonds is 3. The van der Waals surface area contributed by atoms with Gasteiger partial charge < -0.3 is 16.2 Å². The molecule has 0 saturated heterocycles. The highest BCUT2D eigenvalue weighted by atomic mass is 16.4. The summed E-state index contributed by atoms with van der Waals surface area (Å²) in [5, 5.41) is 12.0. The van der Waals surface area contributed by atoms with E-state index < -0.39 is 5.97 Å². The third kappa shape index (κ3) is 1.86. The van der Waals surface area contributed by atoms with Crippen LogP contribution in [0.5, 0.6) is 0 Å². The number of carboxylic acid groups (broad SMARTS) is 1. The molecule has 2 atom stereocenters. The minimum Gasteiger partial charge on any atom is -0.478 e. The molecule has 80 valence electrons. The largest absolute Gasteiger partial charge is 0.478 e. The maximum Gasteiger partial charge on any atom is 0.337 e. The summed E-state index contributed by atoms with van der Waals surface area (Å²) in [6.45, 7) is 2.12. The topological polar surface area (TPSA) is 88.2 Å². The summed E-state index contributed by atoms with van der Waals surface area (Å²) in [6, 6.07) is 1.78. The predicted octanol–water partition coefficient (Wildman–Crippen LogP) is 1.18. The first-order valence-electron chi connectivity index (χ1n) is 4.84. The summed E-state index contributed by atoms with van der Waals surface area (Å²) in [7, 11) is 0. The van der Waals surface area contributed by atoms with Crippen LogP contribution in [-0.4, -0.2) is 22.1 Å². The minimum absolute atomic E-state index is 0.0980. The lowest BCUT2D eigenvalue weighted by Gasteiger charge is -2.08. The molecule has 0 amide bonds. The molecule has 1 aromatic heterocycles. The number of carbonyl (C=O) groups is 1. The van der Waals surface area contributed by atoms with E-state index in [0.29, 0.717) is 17.8 Å². The van der Waals surface area contributed by atoms with Crippen molar-refractivity contribution in [3.63, 3.8) is 0 Å². The van der Waals surface area contributed by atoms with Crippen molar-refractivity contribution in [2.45, 2.75) is 19.4 Å². The van der Waals surface area contributed by atoms with Gasteiger partial charge >= 0.3 is 5.97 Å². The fraction of sp³-hybridized carbons (Fsp3) is 0.400.